The zero-order valence-electron chi connectivity index (χ0n) is 6.41. The van der Waals surface area contributed by atoms with E-state index in [1.165, 1.54) is 12.1 Å². The van der Waals surface area contributed by atoms with E-state index in [0.717, 1.165) is 4.79 Å². The molecule has 13 heavy (non-hydrogen) atoms. The molecule has 0 aliphatic carbocycles. The van der Waals surface area contributed by atoms with Crippen LogP contribution in [-0.2, 0) is 0 Å². The van der Waals surface area contributed by atoms with Gasteiger partial charge in [-0.05, 0) is 11.3 Å². The summed E-state index contributed by atoms with van der Waals surface area (Å²) in [6.45, 7) is 0. The smallest absolute Gasteiger partial charge is 0.299 e. The molecule has 0 atom stereocenters. The molecule has 1 heterocycles. The van der Waals surface area contributed by atoms with Crippen molar-refractivity contribution in [3.8, 4) is 0 Å². The van der Waals surface area contributed by atoms with Gasteiger partial charge in [0.25, 0.3) is 5.69 Å². The van der Waals surface area contributed by atoms with Crippen LogP contribution in [0, 0.1) is 10.1 Å². The molecule has 1 aromatic carbocycles. The maximum atomic E-state index is 10.5. The molecule has 66 valence electrons. The lowest BCUT2D eigenvalue weighted by atomic mass is 10.3. The molecule has 7 heteroatoms. The molecule has 2 aromatic rings. The first-order chi connectivity index (χ1) is 6.20. The van der Waals surface area contributed by atoms with Gasteiger partial charge in [-0.2, -0.15) is 4.79 Å². The van der Waals surface area contributed by atoms with E-state index in [1.807, 2.05) is 0 Å². The van der Waals surface area contributed by atoms with E-state index in [0.29, 0.717) is 5.52 Å². The highest BCUT2D eigenvalue weighted by Crippen LogP contribution is 2.21. The molecule has 0 radical (unpaired) electrons. The van der Waals surface area contributed by atoms with Crippen molar-refractivity contribution >= 4 is 16.7 Å². The summed E-state index contributed by atoms with van der Waals surface area (Å²) in [6.07, 6.45) is 0. The number of nitrogens with two attached hydrogens (primary N) is 1. The lowest BCUT2D eigenvalue weighted by molar-refractivity contribution is -0.383. The first-order valence-corrected chi connectivity index (χ1v) is 3.44. The molecular weight excluding hydrogens is 174 g/mol. The summed E-state index contributed by atoms with van der Waals surface area (Å²) >= 11 is 0. The SMILES string of the molecule is Nn1nnc2c([N+](=O)[O-])cccc21. The Balaban J connectivity index is 2.84. The molecule has 2 rings (SSSR count). The largest absolute Gasteiger partial charge is 0.321 e. The van der Waals surface area contributed by atoms with Gasteiger partial charge in [0.15, 0.2) is 5.52 Å². The van der Waals surface area contributed by atoms with Gasteiger partial charge in [0.05, 0.1) is 4.92 Å². The summed E-state index contributed by atoms with van der Waals surface area (Å²) in [5.74, 6) is 5.37. The Morgan fingerprint density at radius 2 is 2.31 bits per heavy atom. The van der Waals surface area contributed by atoms with Crippen LogP contribution < -0.4 is 5.84 Å². The topological polar surface area (TPSA) is 99.9 Å². The van der Waals surface area contributed by atoms with Crippen molar-refractivity contribution in [3.63, 3.8) is 0 Å². The van der Waals surface area contributed by atoms with Crippen molar-refractivity contribution < 1.29 is 4.92 Å². The molecule has 0 unspecified atom stereocenters. The third-order valence-electron chi connectivity index (χ3n) is 1.68. The van der Waals surface area contributed by atoms with E-state index in [1.54, 1.807) is 6.07 Å². The predicted octanol–water partition coefficient (Wildman–Crippen LogP) is 0.0533. The van der Waals surface area contributed by atoms with Crippen LogP contribution in [0.3, 0.4) is 0 Å². The highest BCUT2D eigenvalue weighted by molar-refractivity contribution is 5.83. The zero-order valence-corrected chi connectivity index (χ0v) is 6.41. The van der Waals surface area contributed by atoms with E-state index < -0.39 is 4.92 Å². The van der Waals surface area contributed by atoms with Crippen LogP contribution in [0.5, 0.6) is 0 Å². The number of hydrogen-bond acceptors (Lipinski definition) is 5. The van der Waals surface area contributed by atoms with Crippen LogP contribution in [0.1, 0.15) is 0 Å². The van der Waals surface area contributed by atoms with Gasteiger partial charge in [0.2, 0.25) is 0 Å². The molecular formula is C6H5N5O2. The fraction of sp³-hybridized carbons (Fsp3) is 0. The minimum absolute atomic E-state index is 0.0887. The van der Waals surface area contributed by atoms with Crippen molar-refractivity contribution in [3.05, 3.63) is 28.3 Å². The fourth-order valence-corrected chi connectivity index (χ4v) is 1.10. The molecule has 1 aromatic heterocycles. The summed E-state index contributed by atoms with van der Waals surface area (Å²) in [5, 5.41) is 17.6. The quantitative estimate of drug-likeness (QED) is 0.378. The second-order valence-corrected chi connectivity index (χ2v) is 2.44. The molecule has 0 bridgehead atoms. The predicted molar refractivity (Wildman–Crippen MR) is 44.3 cm³/mol. The Kier molecular flexibility index (Phi) is 1.38. The van der Waals surface area contributed by atoms with E-state index in [4.69, 9.17) is 5.84 Å². The van der Waals surface area contributed by atoms with Gasteiger partial charge >= 0.3 is 0 Å². The molecule has 0 saturated heterocycles. The van der Waals surface area contributed by atoms with E-state index in [9.17, 15) is 10.1 Å². The van der Waals surface area contributed by atoms with Crippen molar-refractivity contribution in [2.75, 3.05) is 5.84 Å². The number of rotatable bonds is 1. The van der Waals surface area contributed by atoms with Crippen molar-refractivity contribution in [1.82, 2.24) is 15.1 Å². The average Bonchev–Trinajstić information content (AvgIpc) is 2.48. The normalized spacial score (nSPS) is 10.5. The van der Waals surface area contributed by atoms with Crippen LogP contribution in [0.25, 0.3) is 11.0 Å². The maximum Gasteiger partial charge on any atom is 0.299 e. The zero-order chi connectivity index (χ0) is 9.42. The summed E-state index contributed by atoms with van der Waals surface area (Å²) in [4.78, 5) is 11.0. The number of aromatic nitrogens is 3. The van der Waals surface area contributed by atoms with Gasteiger partial charge in [-0.25, -0.2) is 0 Å². The Hall–Kier alpha value is -2.18. The Morgan fingerprint density at radius 1 is 1.54 bits per heavy atom. The second-order valence-electron chi connectivity index (χ2n) is 2.44. The molecule has 0 saturated carbocycles. The number of nitro benzene ring substituents is 1. The molecule has 2 N–H and O–H groups in total. The van der Waals surface area contributed by atoms with Gasteiger partial charge in [0, 0.05) is 6.07 Å². The first kappa shape index (κ1) is 7.47. The van der Waals surface area contributed by atoms with Crippen LogP contribution in [-0.4, -0.2) is 20.0 Å². The number of nitro groups is 1. The van der Waals surface area contributed by atoms with Crippen molar-refractivity contribution in [2.45, 2.75) is 0 Å². The number of non-ortho nitro benzene ring substituents is 1. The molecule has 7 nitrogen and oxygen atoms in total. The summed E-state index contributed by atoms with van der Waals surface area (Å²) < 4.78 is 0. The highest BCUT2D eigenvalue weighted by atomic mass is 16.6. The number of nitrogen functional groups attached to an aromatic ring is 1. The van der Waals surface area contributed by atoms with Crippen LogP contribution in [0.4, 0.5) is 5.69 Å². The van der Waals surface area contributed by atoms with Crippen LogP contribution >= 0.6 is 0 Å². The van der Waals surface area contributed by atoms with Crippen LogP contribution in [0.2, 0.25) is 0 Å². The first-order valence-electron chi connectivity index (χ1n) is 3.44. The Bertz CT molecular complexity index is 477. The summed E-state index contributed by atoms with van der Waals surface area (Å²) in [7, 11) is 0. The van der Waals surface area contributed by atoms with Gasteiger partial charge in [0.1, 0.15) is 5.52 Å². The van der Waals surface area contributed by atoms with Crippen LogP contribution in [0.15, 0.2) is 18.2 Å². The maximum absolute atomic E-state index is 10.5. The monoisotopic (exact) mass is 179 g/mol. The number of fused-ring (bicyclic) bond motifs is 1. The standard InChI is InChI=1S/C6H5N5O2/c7-10-4-2-1-3-5(11(12)13)6(4)8-9-10/h1-3H,7H2. The van der Waals surface area contributed by atoms with Crippen molar-refractivity contribution in [2.24, 2.45) is 0 Å². The number of hydrogen-bond donors (Lipinski definition) is 1. The van der Waals surface area contributed by atoms with Crippen molar-refractivity contribution in [1.29, 1.82) is 0 Å². The van der Waals surface area contributed by atoms with Gasteiger partial charge in [-0.1, -0.05) is 6.07 Å². The second kappa shape index (κ2) is 2.41. The van der Waals surface area contributed by atoms with E-state index in [-0.39, 0.29) is 11.2 Å². The number of benzene rings is 1. The fourth-order valence-electron chi connectivity index (χ4n) is 1.10. The van der Waals surface area contributed by atoms with Gasteiger partial charge in [-0.3, -0.25) is 10.1 Å². The highest BCUT2D eigenvalue weighted by Gasteiger charge is 2.15. The third kappa shape index (κ3) is 0.975. The molecule has 0 spiro atoms. The molecule has 0 aliphatic rings. The molecule has 0 amide bonds. The lowest BCUT2D eigenvalue weighted by Gasteiger charge is -1.91. The van der Waals surface area contributed by atoms with E-state index in [2.05, 4.69) is 10.3 Å². The van der Waals surface area contributed by atoms with Gasteiger partial charge < -0.3 is 5.84 Å². The number of nitrogens with zero attached hydrogens (tertiary/aromatic N) is 4. The molecule has 0 fully saturated rings. The third-order valence-corrected chi connectivity index (χ3v) is 1.68. The summed E-state index contributed by atoms with van der Waals surface area (Å²) in [5.41, 5.74) is 0.554. The minimum Gasteiger partial charge on any atom is -0.321 e. The lowest BCUT2D eigenvalue weighted by Crippen LogP contribution is -2.09. The minimum atomic E-state index is -0.517. The molecule has 0 aliphatic heterocycles. The Morgan fingerprint density at radius 3 is 3.00 bits per heavy atom. The van der Waals surface area contributed by atoms with E-state index >= 15 is 0 Å². The summed E-state index contributed by atoms with van der Waals surface area (Å²) in [6, 6.07) is 4.51. The van der Waals surface area contributed by atoms with Gasteiger partial charge in [-0.15, -0.1) is 5.10 Å². The average molecular weight is 179 g/mol. The Labute approximate surface area is 71.9 Å².